The van der Waals surface area contributed by atoms with Gasteiger partial charge in [-0.1, -0.05) is 29.8 Å². The molecule has 0 aromatic heterocycles. The number of benzene rings is 2. The minimum atomic E-state index is 1.04. The maximum absolute atomic E-state index is 4.28. The molecule has 0 aliphatic rings. The summed E-state index contributed by atoms with van der Waals surface area (Å²) in [6, 6.07) is 14.6. The van der Waals surface area contributed by atoms with Crippen LogP contribution in [0.4, 0.5) is 5.69 Å². The van der Waals surface area contributed by atoms with Crippen molar-refractivity contribution in [2.45, 2.75) is 18.7 Å². The van der Waals surface area contributed by atoms with E-state index in [-0.39, 0.29) is 0 Å². The number of rotatable bonds is 4. The minimum Gasteiger partial charge on any atom is -0.278 e. The summed E-state index contributed by atoms with van der Waals surface area (Å²) < 4.78 is 0. The summed E-state index contributed by atoms with van der Waals surface area (Å²) in [4.78, 5) is 1.26. The standard InChI is InChI=1S/C16H18N2S/c1-12-4-9-16(13(2)10-12)18-17-11-14-5-7-15(19-3)8-6-14/h4-11,18H,1-3H3. The first-order chi connectivity index (χ1) is 9.19. The fourth-order valence-corrected chi connectivity index (χ4v) is 2.21. The van der Waals surface area contributed by atoms with E-state index >= 15 is 0 Å². The molecular formula is C16H18N2S. The molecule has 0 heterocycles. The van der Waals surface area contributed by atoms with Crippen molar-refractivity contribution in [2.75, 3.05) is 11.7 Å². The predicted octanol–water partition coefficient (Wildman–Crippen LogP) is 4.47. The summed E-state index contributed by atoms with van der Waals surface area (Å²) in [6.07, 6.45) is 3.91. The molecule has 0 atom stereocenters. The van der Waals surface area contributed by atoms with E-state index < -0.39 is 0 Å². The molecule has 0 fully saturated rings. The average Bonchev–Trinajstić information content (AvgIpc) is 2.42. The van der Waals surface area contributed by atoms with Gasteiger partial charge in [0.15, 0.2) is 0 Å². The zero-order chi connectivity index (χ0) is 13.7. The number of nitrogens with one attached hydrogen (secondary N) is 1. The van der Waals surface area contributed by atoms with Crippen LogP contribution < -0.4 is 5.43 Å². The van der Waals surface area contributed by atoms with Gasteiger partial charge in [0, 0.05) is 4.90 Å². The molecule has 0 saturated heterocycles. The van der Waals surface area contributed by atoms with Crippen LogP contribution in [-0.2, 0) is 0 Å². The lowest BCUT2D eigenvalue weighted by Crippen LogP contribution is -1.93. The first-order valence-corrected chi connectivity index (χ1v) is 7.42. The van der Waals surface area contributed by atoms with Gasteiger partial charge in [-0.2, -0.15) is 5.10 Å². The summed E-state index contributed by atoms with van der Waals surface area (Å²) in [5.74, 6) is 0. The zero-order valence-electron chi connectivity index (χ0n) is 11.5. The van der Waals surface area contributed by atoms with Gasteiger partial charge in [-0.15, -0.1) is 11.8 Å². The Labute approximate surface area is 118 Å². The average molecular weight is 270 g/mol. The SMILES string of the molecule is CSc1ccc(C=NNc2ccc(C)cc2C)cc1. The Morgan fingerprint density at radius 3 is 2.42 bits per heavy atom. The van der Waals surface area contributed by atoms with Crippen LogP contribution in [0.15, 0.2) is 52.5 Å². The maximum atomic E-state index is 4.28. The van der Waals surface area contributed by atoms with Crippen LogP contribution in [0.1, 0.15) is 16.7 Å². The largest absolute Gasteiger partial charge is 0.278 e. The lowest BCUT2D eigenvalue weighted by molar-refractivity contribution is 1.29. The minimum absolute atomic E-state index is 1.04. The molecule has 0 saturated carbocycles. The van der Waals surface area contributed by atoms with E-state index in [1.807, 2.05) is 6.21 Å². The molecule has 0 amide bonds. The Bertz CT molecular complexity index is 574. The molecule has 0 unspecified atom stereocenters. The first kappa shape index (κ1) is 13.7. The van der Waals surface area contributed by atoms with Crippen LogP contribution in [0.5, 0.6) is 0 Å². The summed E-state index contributed by atoms with van der Waals surface area (Å²) in [5.41, 5.74) is 7.69. The molecule has 0 spiro atoms. The van der Waals surface area contributed by atoms with Crippen LogP contribution in [0.3, 0.4) is 0 Å². The van der Waals surface area contributed by atoms with Crippen molar-refractivity contribution in [3.8, 4) is 0 Å². The van der Waals surface area contributed by atoms with Crippen molar-refractivity contribution in [3.05, 3.63) is 59.2 Å². The van der Waals surface area contributed by atoms with E-state index in [1.165, 1.54) is 16.0 Å². The predicted molar refractivity (Wildman–Crippen MR) is 85.4 cm³/mol. The summed E-state index contributed by atoms with van der Waals surface area (Å²) in [6.45, 7) is 4.17. The number of thioether (sulfide) groups is 1. The van der Waals surface area contributed by atoms with Crippen molar-refractivity contribution in [1.29, 1.82) is 0 Å². The van der Waals surface area contributed by atoms with Gasteiger partial charge in [0.2, 0.25) is 0 Å². The number of nitrogens with zero attached hydrogens (tertiary/aromatic N) is 1. The Morgan fingerprint density at radius 1 is 1.05 bits per heavy atom. The van der Waals surface area contributed by atoms with E-state index in [0.717, 1.165) is 11.3 Å². The van der Waals surface area contributed by atoms with Crippen LogP contribution in [0.25, 0.3) is 0 Å². The monoisotopic (exact) mass is 270 g/mol. The van der Waals surface area contributed by atoms with Gasteiger partial charge in [0.25, 0.3) is 0 Å². The van der Waals surface area contributed by atoms with Crippen LogP contribution in [0.2, 0.25) is 0 Å². The van der Waals surface area contributed by atoms with Crippen molar-refractivity contribution in [3.63, 3.8) is 0 Å². The molecule has 0 aliphatic heterocycles. The quantitative estimate of drug-likeness (QED) is 0.503. The second-order valence-electron chi connectivity index (χ2n) is 4.46. The van der Waals surface area contributed by atoms with E-state index in [4.69, 9.17) is 0 Å². The molecule has 1 N–H and O–H groups in total. The Kier molecular flexibility index (Phi) is 4.63. The molecule has 0 radical (unpaired) electrons. The molecule has 2 rings (SSSR count). The molecule has 2 nitrogen and oxygen atoms in total. The Balaban J connectivity index is 2.02. The molecule has 2 aromatic rings. The van der Waals surface area contributed by atoms with Crippen molar-refractivity contribution < 1.29 is 0 Å². The van der Waals surface area contributed by atoms with Gasteiger partial charge < -0.3 is 0 Å². The topological polar surface area (TPSA) is 24.4 Å². The van der Waals surface area contributed by atoms with Gasteiger partial charge in [-0.05, 0) is 49.4 Å². The number of hydrazone groups is 1. The van der Waals surface area contributed by atoms with Crippen LogP contribution in [-0.4, -0.2) is 12.5 Å². The maximum Gasteiger partial charge on any atom is 0.0591 e. The highest BCUT2D eigenvalue weighted by atomic mass is 32.2. The van der Waals surface area contributed by atoms with Crippen molar-refractivity contribution in [2.24, 2.45) is 5.10 Å². The van der Waals surface area contributed by atoms with Crippen LogP contribution >= 0.6 is 11.8 Å². The summed E-state index contributed by atoms with van der Waals surface area (Å²) in [5, 5.41) is 4.28. The molecule has 0 aliphatic carbocycles. The number of anilines is 1. The Morgan fingerprint density at radius 2 is 1.79 bits per heavy atom. The van der Waals surface area contributed by atoms with Crippen molar-refractivity contribution in [1.82, 2.24) is 0 Å². The highest BCUT2D eigenvalue weighted by molar-refractivity contribution is 7.98. The van der Waals surface area contributed by atoms with Gasteiger partial charge >= 0.3 is 0 Å². The van der Waals surface area contributed by atoms with Gasteiger partial charge in [-0.25, -0.2) is 0 Å². The lowest BCUT2D eigenvalue weighted by atomic mass is 10.1. The molecule has 19 heavy (non-hydrogen) atoms. The third-order valence-corrected chi connectivity index (χ3v) is 3.64. The summed E-state index contributed by atoms with van der Waals surface area (Å²) in [7, 11) is 0. The van der Waals surface area contributed by atoms with E-state index in [0.29, 0.717) is 0 Å². The fourth-order valence-electron chi connectivity index (χ4n) is 1.81. The highest BCUT2D eigenvalue weighted by Crippen LogP contribution is 2.16. The molecular weight excluding hydrogens is 252 g/mol. The second-order valence-corrected chi connectivity index (χ2v) is 5.34. The van der Waals surface area contributed by atoms with E-state index in [9.17, 15) is 0 Å². The molecule has 98 valence electrons. The zero-order valence-corrected chi connectivity index (χ0v) is 12.3. The third kappa shape index (κ3) is 3.86. The van der Waals surface area contributed by atoms with Gasteiger partial charge in [0.1, 0.15) is 0 Å². The molecule has 3 heteroatoms. The van der Waals surface area contributed by atoms with Gasteiger partial charge in [0.05, 0.1) is 11.9 Å². The smallest absolute Gasteiger partial charge is 0.0591 e. The van der Waals surface area contributed by atoms with E-state index in [2.05, 4.69) is 73.1 Å². The van der Waals surface area contributed by atoms with Crippen LogP contribution in [0, 0.1) is 13.8 Å². The van der Waals surface area contributed by atoms with E-state index in [1.54, 1.807) is 11.8 Å². The second kappa shape index (κ2) is 6.43. The van der Waals surface area contributed by atoms with Crippen molar-refractivity contribution >= 4 is 23.7 Å². The fraction of sp³-hybridized carbons (Fsp3) is 0.188. The normalized spacial score (nSPS) is 10.9. The third-order valence-electron chi connectivity index (χ3n) is 2.90. The molecule has 2 aromatic carbocycles. The lowest BCUT2D eigenvalue weighted by Gasteiger charge is -2.05. The number of hydrogen-bond donors (Lipinski definition) is 1. The molecule has 0 bridgehead atoms. The number of hydrogen-bond acceptors (Lipinski definition) is 3. The Hall–Kier alpha value is -1.74. The van der Waals surface area contributed by atoms with Gasteiger partial charge in [-0.3, -0.25) is 5.43 Å². The first-order valence-electron chi connectivity index (χ1n) is 6.19. The summed E-state index contributed by atoms with van der Waals surface area (Å²) >= 11 is 1.74. The number of aryl methyl sites for hydroxylation is 2. The highest BCUT2D eigenvalue weighted by Gasteiger charge is 1.96.